The van der Waals surface area contributed by atoms with E-state index < -0.39 is 0 Å². The van der Waals surface area contributed by atoms with E-state index >= 15 is 0 Å². The summed E-state index contributed by atoms with van der Waals surface area (Å²) in [5.74, 6) is 1.87. The second kappa shape index (κ2) is 10.6. The van der Waals surface area contributed by atoms with Crippen LogP contribution in [0.25, 0.3) is 0 Å². The SMILES string of the molecule is C=C(C)COC(N)C(CC)(CC)CN1c2ccccc2SCC1c1cccc(OC)c1. The first kappa shape index (κ1) is 23.7. The van der Waals surface area contributed by atoms with Crippen LogP contribution in [0.15, 0.2) is 65.6 Å². The van der Waals surface area contributed by atoms with Crippen molar-refractivity contribution in [2.75, 3.05) is 30.9 Å². The lowest BCUT2D eigenvalue weighted by atomic mass is 9.79. The highest BCUT2D eigenvalue weighted by atomic mass is 32.2. The van der Waals surface area contributed by atoms with Gasteiger partial charge in [0.15, 0.2) is 0 Å². The number of para-hydroxylation sites is 1. The Hall–Kier alpha value is -1.95. The number of fused-ring (bicyclic) bond motifs is 1. The van der Waals surface area contributed by atoms with Gasteiger partial charge in [0.2, 0.25) is 0 Å². The molecule has 0 aromatic heterocycles. The van der Waals surface area contributed by atoms with E-state index in [0.29, 0.717) is 6.61 Å². The molecule has 2 atom stereocenters. The van der Waals surface area contributed by atoms with Gasteiger partial charge >= 0.3 is 0 Å². The van der Waals surface area contributed by atoms with Crippen LogP contribution < -0.4 is 15.4 Å². The van der Waals surface area contributed by atoms with Gasteiger partial charge in [-0.15, -0.1) is 11.8 Å². The first-order valence-electron chi connectivity index (χ1n) is 11.1. The van der Waals surface area contributed by atoms with Gasteiger partial charge in [-0.05, 0) is 49.6 Å². The van der Waals surface area contributed by atoms with Gasteiger partial charge in [-0.25, -0.2) is 0 Å². The zero-order valence-electron chi connectivity index (χ0n) is 19.3. The molecule has 1 aliphatic rings. The van der Waals surface area contributed by atoms with Crippen molar-refractivity contribution >= 4 is 17.4 Å². The van der Waals surface area contributed by atoms with Gasteiger partial charge in [-0.3, -0.25) is 0 Å². The Labute approximate surface area is 191 Å². The first-order valence-corrected chi connectivity index (χ1v) is 12.1. The number of rotatable bonds is 10. The van der Waals surface area contributed by atoms with E-state index in [1.807, 2.05) is 24.8 Å². The summed E-state index contributed by atoms with van der Waals surface area (Å²) >= 11 is 1.92. The van der Waals surface area contributed by atoms with Crippen molar-refractivity contribution in [1.29, 1.82) is 0 Å². The van der Waals surface area contributed by atoms with Crippen LogP contribution in [-0.2, 0) is 4.74 Å². The molecular weight excluding hydrogens is 404 g/mol. The molecule has 0 spiro atoms. The van der Waals surface area contributed by atoms with Gasteiger partial charge in [0, 0.05) is 22.6 Å². The van der Waals surface area contributed by atoms with E-state index in [2.05, 4.69) is 67.8 Å². The third-order valence-corrected chi connectivity index (χ3v) is 7.57. The van der Waals surface area contributed by atoms with Gasteiger partial charge in [0.25, 0.3) is 0 Å². The molecule has 168 valence electrons. The van der Waals surface area contributed by atoms with Crippen LogP contribution in [0.2, 0.25) is 0 Å². The van der Waals surface area contributed by atoms with Crippen LogP contribution in [0.4, 0.5) is 5.69 Å². The average molecular weight is 441 g/mol. The summed E-state index contributed by atoms with van der Waals surface area (Å²) in [6.45, 7) is 11.7. The zero-order chi connectivity index (χ0) is 22.4. The number of hydrogen-bond acceptors (Lipinski definition) is 5. The number of nitrogens with zero attached hydrogens (tertiary/aromatic N) is 1. The highest BCUT2D eigenvalue weighted by Gasteiger charge is 2.40. The van der Waals surface area contributed by atoms with Gasteiger partial charge in [0.1, 0.15) is 12.0 Å². The van der Waals surface area contributed by atoms with Gasteiger partial charge < -0.3 is 20.1 Å². The van der Waals surface area contributed by atoms with Crippen molar-refractivity contribution in [2.45, 2.75) is 50.8 Å². The van der Waals surface area contributed by atoms with Crippen molar-refractivity contribution in [3.8, 4) is 5.75 Å². The molecule has 0 saturated carbocycles. The molecule has 3 rings (SSSR count). The van der Waals surface area contributed by atoms with Crippen LogP contribution in [-0.4, -0.2) is 32.2 Å². The molecule has 4 nitrogen and oxygen atoms in total. The molecule has 0 fully saturated rings. The minimum atomic E-state index is -0.355. The molecule has 0 amide bonds. The number of benzene rings is 2. The number of anilines is 1. The monoisotopic (exact) mass is 440 g/mol. The highest BCUT2D eigenvalue weighted by Crippen LogP contribution is 2.46. The Bertz CT molecular complexity index is 881. The molecule has 5 heteroatoms. The predicted molar refractivity (Wildman–Crippen MR) is 132 cm³/mol. The fourth-order valence-corrected chi connectivity index (χ4v) is 5.50. The number of nitrogens with two attached hydrogens (primary N) is 1. The summed E-state index contributed by atoms with van der Waals surface area (Å²) < 4.78 is 11.6. The lowest BCUT2D eigenvalue weighted by Crippen LogP contribution is -2.52. The second-order valence-corrected chi connectivity index (χ2v) is 9.52. The molecule has 2 unspecified atom stereocenters. The van der Waals surface area contributed by atoms with Crippen LogP contribution in [0.1, 0.15) is 45.2 Å². The smallest absolute Gasteiger partial charge is 0.119 e. The molecule has 0 aliphatic carbocycles. The summed E-state index contributed by atoms with van der Waals surface area (Å²) in [6, 6.07) is 17.3. The maximum absolute atomic E-state index is 6.67. The Balaban J connectivity index is 2.00. The number of ether oxygens (including phenoxy) is 2. The number of methoxy groups -OCH3 is 1. The van der Waals surface area contributed by atoms with E-state index in [4.69, 9.17) is 15.2 Å². The summed E-state index contributed by atoms with van der Waals surface area (Å²) in [4.78, 5) is 3.86. The Morgan fingerprint density at radius 2 is 1.97 bits per heavy atom. The maximum atomic E-state index is 6.67. The fraction of sp³-hybridized carbons (Fsp3) is 0.462. The van der Waals surface area contributed by atoms with Gasteiger partial charge in [0.05, 0.1) is 25.4 Å². The highest BCUT2D eigenvalue weighted by molar-refractivity contribution is 7.99. The van der Waals surface area contributed by atoms with Crippen LogP contribution in [0.5, 0.6) is 5.75 Å². The summed E-state index contributed by atoms with van der Waals surface area (Å²) in [5, 5.41) is 0. The lowest BCUT2D eigenvalue weighted by Gasteiger charge is -2.47. The maximum Gasteiger partial charge on any atom is 0.119 e. The molecule has 2 aromatic rings. The largest absolute Gasteiger partial charge is 0.497 e. The van der Waals surface area contributed by atoms with E-state index in [-0.39, 0.29) is 17.7 Å². The standard InChI is InChI=1S/C26H36N2O2S/c1-6-26(7-2,25(27)30-16-19(3)4)18-28-22-13-8-9-14-24(22)31-17-23(28)20-11-10-12-21(15-20)29-5/h8-15,23,25H,3,6-7,16-18,27H2,1-2,4-5H3. The van der Waals surface area contributed by atoms with Crippen molar-refractivity contribution in [3.05, 3.63) is 66.2 Å². The molecule has 1 heterocycles. The number of hydrogen-bond donors (Lipinski definition) is 1. The molecule has 0 bridgehead atoms. The molecule has 1 aliphatic heterocycles. The van der Waals surface area contributed by atoms with E-state index in [0.717, 1.165) is 36.5 Å². The molecule has 2 aromatic carbocycles. The van der Waals surface area contributed by atoms with Crippen LogP contribution in [0, 0.1) is 5.41 Å². The van der Waals surface area contributed by atoms with Crippen LogP contribution >= 0.6 is 11.8 Å². The Morgan fingerprint density at radius 1 is 1.23 bits per heavy atom. The second-order valence-electron chi connectivity index (χ2n) is 8.46. The third-order valence-electron chi connectivity index (χ3n) is 6.43. The van der Waals surface area contributed by atoms with Gasteiger partial charge in [-0.1, -0.05) is 50.3 Å². The predicted octanol–water partition coefficient (Wildman–Crippen LogP) is 6.03. The number of thioether (sulfide) groups is 1. The summed E-state index contributed by atoms with van der Waals surface area (Å²) in [6.07, 6.45) is 1.53. The topological polar surface area (TPSA) is 47.7 Å². The van der Waals surface area contributed by atoms with E-state index in [1.54, 1.807) is 7.11 Å². The molecule has 2 N–H and O–H groups in total. The minimum absolute atomic E-state index is 0.165. The molecule has 0 saturated heterocycles. The Morgan fingerprint density at radius 3 is 2.65 bits per heavy atom. The minimum Gasteiger partial charge on any atom is -0.497 e. The third kappa shape index (κ3) is 5.28. The van der Waals surface area contributed by atoms with Crippen LogP contribution in [0.3, 0.4) is 0 Å². The Kier molecular flexibility index (Phi) is 8.09. The van der Waals surface area contributed by atoms with E-state index in [1.165, 1.54) is 16.1 Å². The first-order chi connectivity index (χ1) is 14.9. The zero-order valence-corrected chi connectivity index (χ0v) is 20.1. The quantitative estimate of drug-likeness (QED) is 0.361. The van der Waals surface area contributed by atoms with Crippen molar-refractivity contribution < 1.29 is 9.47 Å². The summed E-state index contributed by atoms with van der Waals surface area (Å²) in [7, 11) is 1.72. The normalized spacial score (nSPS) is 17.2. The van der Waals surface area contributed by atoms with E-state index in [9.17, 15) is 0 Å². The van der Waals surface area contributed by atoms with Gasteiger partial charge in [-0.2, -0.15) is 0 Å². The fourth-order valence-electron chi connectivity index (χ4n) is 4.28. The average Bonchev–Trinajstić information content (AvgIpc) is 2.81. The van der Waals surface area contributed by atoms with Crippen molar-refractivity contribution in [3.63, 3.8) is 0 Å². The van der Waals surface area contributed by atoms with Crippen molar-refractivity contribution in [1.82, 2.24) is 0 Å². The molecular formula is C26H36N2O2S. The summed E-state index contributed by atoms with van der Waals surface area (Å²) in [5.41, 5.74) is 10.0. The van der Waals surface area contributed by atoms with Crippen molar-refractivity contribution in [2.24, 2.45) is 11.1 Å². The lowest BCUT2D eigenvalue weighted by molar-refractivity contribution is -0.0301. The molecule has 0 radical (unpaired) electrons. The molecule has 31 heavy (non-hydrogen) atoms.